The lowest BCUT2D eigenvalue weighted by molar-refractivity contribution is 0.364. The Labute approximate surface area is 110 Å². The number of methoxy groups -OCH3 is 2. The predicted molar refractivity (Wildman–Crippen MR) is 75.3 cm³/mol. The Kier molecular flexibility index (Phi) is 5.48. The van der Waals surface area contributed by atoms with Crippen molar-refractivity contribution in [1.82, 2.24) is 5.32 Å². The summed E-state index contributed by atoms with van der Waals surface area (Å²) in [6.07, 6.45) is 1.15. The molecule has 0 aromatic heterocycles. The number of benzene rings is 1. The van der Waals surface area contributed by atoms with E-state index >= 15 is 0 Å². The molecule has 0 aliphatic heterocycles. The molecular weight excluding hydrogens is 226 g/mol. The highest BCUT2D eigenvalue weighted by atomic mass is 16.5. The summed E-state index contributed by atoms with van der Waals surface area (Å²) in [7, 11) is 3.37. The second-order valence-electron chi connectivity index (χ2n) is 5.67. The first-order valence-corrected chi connectivity index (χ1v) is 6.38. The molecule has 0 saturated heterocycles. The van der Waals surface area contributed by atoms with Crippen molar-refractivity contribution >= 4 is 0 Å². The summed E-state index contributed by atoms with van der Waals surface area (Å²) in [5, 5.41) is 3.45. The third-order valence-corrected chi connectivity index (χ3v) is 2.85. The van der Waals surface area contributed by atoms with E-state index in [0.717, 1.165) is 36.6 Å². The van der Waals surface area contributed by atoms with Gasteiger partial charge < -0.3 is 14.8 Å². The zero-order chi connectivity index (χ0) is 13.6. The minimum atomic E-state index is 0.367. The van der Waals surface area contributed by atoms with Crippen LogP contribution in [0.25, 0.3) is 0 Å². The molecule has 3 heteroatoms. The van der Waals surface area contributed by atoms with E-state index in [4.69, 9.17) is 9.47 Å². The lowest BCUT2D eigenvalue weighted by atomic mass is 9.92. The van der Waals surface area contributed by atoms with Gasteiger partial charge in [0.1, 0.15) is 11.5 Å². The molecule has 0 heterocycles. The van der Waals surface area contributed by atoms with Crippen LogP contribution in [0.5, 0.6) is 11.5 Å². The van der Waals surface area contributed by atoms with Crippen molar-refractivity contribution in [2.45, 2.75) is 33.7 Å². The van der Waals surface area contributed by atoms with E-state index in [0.29, 0.717) is 5.41 Å². The molecule has 18 heavy (non-hydrogen) atoms. The van der Waals surface area contributed by atoms with Gasteiger partial charge in [0.2, 0.25) is 0 Å². The SMILES string of the molecule is COc1ccc(OC)c(CNCCC(C)(C)C)c1. The average molecular weight is 251 g/mol. The van der Waals surface area contributed by atoms with Gasteiger partial charge in [-0.2, -0.15) is 0 Å². The molecule has 0 aliphatic rings. The van der Waals surface area contributed by atoms with E-state index in [9.17, 15) is 0 Å². The summed E-state index contributed by atoms with van der Waals surface area (Å²) in [5.41, 5.74) is 1.50. The maximum absolute atomic E-state index is 5.35. The van der Waals surface area contributed by atoms with Gasteiger partial charge in [0.25, 0.3) is 0 Å². The highest BCUT2D eigenvalue weighted by Crippen LogP contribution is 2.24. The van der Waals surface area contributed by atoms with Gasteiger partial charge in [0.15, 0.2) is 0 Å². The normalized spacial score (nSPS) is 11.4. The van der Waals surface area contributed by atoms with Crippen LogP contribution in [0.15, 0.2) is 18.2 Å². The third-order valence-electron chi connectivity index (χ3n) is 2.85. The fourth-order valence-corrected chi connectivity index (χ4v) is 1.71. The number of hydrogen-bond donors (Lipinski definition) is 1. The van der Waals surface area contributed by atoms with E-state index in [2.05, 4.69) is 26.1 Å². The highest BCUT2D eigenvalue weighted by Gasteiger charge is 2.09. The van der Waals surface area contributed by atoms with Crippen LogP contribution in [-0.4, -0.2) is 20.8 Å². The van der Waals surface area contributed by atoms with E-state index < -0.39 is 0 Å². The third kappa shape index (κ3) is 4.96. The second kappa shape index (κ2) is 6.64. The van der Waals surface area contributed by atoms with Crippen molar-refractivity contribution in [1.29, 1.82) is 0 Å². The van der Waals surface area contributed by atoms with E-state index in [1.54, 1.807) is 14.2 Å². The molecule has 1 N–H and O–H groups in total. The lowest BCUT2D eigenvalue weighted by Gasteiger charge is -2.18. The first-order valence-electron chi connectivity index (χ1n) is 6.38. The van der Waals surface area contributed by atoms with E-state index in [1.165, 1.54) is 0 Å². The molecule has 3 nitrogen and oxygen atoms in total. The summed E-state index contributed by atoms with van der Waals surface area (Å²) in [6, 6.07) is 5.88. The van der Waals surface area contributed by atoms with Crippen LogP contribution in [-0.2, 0) is 6.54 Å². The van der Waals surface area contributed by atoms with Gasteiger partial charge in [-0.3, -0.25) is 0 Å². The van der Waals surface area contributed by atoms with Gasteiger partial charge in [-0.15, -0.1) is 0 Å². The quantitative estimate of drug-likeness (QED) is 0.787. The minimum Gasteiger partial charge on any atom is -0.497 e. The Hall–Kier alpha value is -1.22. The molecule has 0 bridgehead atoms. The van der Waals surface area contributed by atoms with Crippen LogP contribution in [0.2, 0.25) is 0 Å². The Balaban J connectivity index is 2.54. The minimum absolute atomic E-state index is 0.367. The van der Waals surface area contributed by atoms with Crippen LogP contribution in [0.4, 0.5) is 0 Å². The van der Waals surface area contributed by atoms with Crippen LogP contribution in [0.3, 0.4) is 0 Å². The molecule has 0 atom stereocenters. The first kappa shape index (κ1) is 14.8. The summed E-state index contributed by atoms with van der Waals surface area (Å²) >= 11 is 0. The Bertz CT molecular complexity index is 369. The largest absolute Gasteiger partial charge is 0.497 e. The zero-order valence-electron chi connectivity index (χ0n) is 12.2. The predicted octanol–water partition coefficient (Wildman–Crippen LogP) is 3.23. The number of nitrogens with one attached hydrogen (secondary N) is 1. The number of hydrogen-bond acceptors (Lipinski definition) is 3. The fourth-order valence-electron chi connectivity index (χ4n) is 1.71. The molecule has 0 fully saturated rings. The van der Waals surface area contributed by atoms with Crippen molar-refractivity contribution in [3.63, 3.8) is 0 Å². The van der Waals surface area contributed by atoms with Crippen LogP contribution >= 0.6 is 0 Å². The summed E-state index contributed by atoms with van der Waals surface area (Å²) in [5.74, 6) is 1.77. The van der Waals surface area contributed by atoms with Gasteiger partial charge in [0.05, 0.1) is 14.2 Å². The second-order valence-corrected chi connectivity index (χ2v) is 5.67. The fraction of sp³-hybridized carbons (Fsp3) is 0.600. The highest BCUT2D eigenvalue weighted by molar-refractivity contribution is 5.40. The standard InChI is InChI=1S/C15H25NO2/c1-15(2,3)8-9-16-11-12-10-13(17-4)6-7-14(12)18-5/h6-7,10,16H,8-9,11H2,1-5H3. The van der Waals surface area contributed by atoms with Crippen LogP contribution in [0, 0.1) is 5.41 Å². The molecule has 0 aliphatic carbocycles. The molecule has 1 aromatic rings. The molecule has 0 radical (unpaired) electrons. The zero-order valence-corrected chi connectivity index (χ0v) is 12.2. The van der Waals surface area contributed by atoms with Crippen molar-refractivity contribution in [3.8, 4) is 11.5 Å². The summed E-state index contributed by atoms with van der Waals surface area (Å²) in [6.45, 7) is 8.56. The monoisotopic (exact) mass is 251 g/mol. The van der Waals surface area contributed by atoms with E-state index in [1.807, 2.05) is 18.2 Å². The van der Waals surface area contributed by atoms with Gasteiger partial charge in [-0.05, 0) is 36.6 Å². The lowest BCUT2D eigenvalue weighted by Crippen LogP contribution is -2.20. The van der Waals surface area contributed by atoms with Crippen LogP contribution in [0.1, 0.15) is 32.8 Å². The van der Waals surface area contributed by atoms with Crippen molar-refractivity contribution in [2.24, 2.45) is 5.41 Å². The molecule has 0 unspecified atom stereocenters. The number of ether oxygens (including phenoxy) is 2. The molecule has 0 spiro atoms. The molecular formula is C15H25NO2. The van der Waals surface area contributed by atoms with Crippen LogP contribution < -0.4 is 14.8 Å². The number of rotatable bonds is 6. The summed E-state index contributed by atoms with van der Waals surface area (Å²) in [4.78, 5) is 0. The molecule has 0 saturated carbocycles. The van der Waals surface area contributed by atoms with Gasteiger partial charge in [-0.1, -0.05) is 20.8 Å². The Morgan fingerprint density at radius 2 is 1.83 bits per heavy atom. The maximum Gasteiger partial charge on any atom is 0.123 e. The van der Waals surface area contributed by atoms with E-state index in [-0.39, 0.29) is 0 Å². The molecule has 0 amide bonds. The van der Waals surface area contributed by atoms with Gasteiger partial charge in [0, 0.05) is 12.1 Å². The Morgan fingerprint density at radius 3 is 2.39 bits per heavy atom. The molecule has 1 aromatic carbocycles. The van der Waals surface area contributed by atoms with Crippen molar-refractivity contribution in [3.05, 3.63) is 23.8 Å². The average Bonchev–Trinajstić information content (AvgIpc) is 2.33. The van der Waals surface area contributed by atoms with Gasteiger partial charge >= 0.3 is 0 Å². The van der Waals surface area contributed by atoms with Gasteiger partial charge in [-0.25, -0.2) is 0 Å². The summed E-state index contributed by atoms with van der Waals surface area (Å²) < 4.78 is 10.6. The van der Waals surface area contributed by atoms with Crippen molar-refractivity contribution < 1.29 is 9.47 Å². The maximum atomic E-state index is 5.35. The molecule has 102 valence electrons. The van der Waals surface area contributed by atoms with Crippen molar-refractivity contribution in [2.75, 3.05) is 20.8 Å². The Morgan fingerprint density at radius 1 is 1.11 bits per heavy atom. The topological polar surface area (TPSA) is 30.5 Å². The first-order chi connectivity index (χ1) is 8.46. The molecule has 1 rings (SSSR count). The smallest absolute Gasteiger partial charge is 0.123 e.